The number of benzene rings is 2. The number of rotatable bonds is 5. The van der Waals surface area contributed by atoms with E-state index in [4.69, 9.17) is 9.47 Å². The SMILES string of the molecule is O=C(Nc1ccccc1)C1=C(N2CCOCC2)CCC(OC(=O)c2ccccc2)C1. The highest BCUT2D eigenvalue weighted by atomic mass is 16.5. The van der Waals surface area contributed by atoms with Gasteiger partial charge in [0.05, 0.1) is 18.8 Å². The number of ether oxygens (including phenoxy) is 2. The number of carbonyl (C=O) groups excluding carboxylic acids is 2. The maximum absolute atomic E-state index is 13.2. The topological polar surface area (TPSA) is 67.9 Å². The number of hydrogen-bond acceptors (Lipinski definition) is 5. The number of nitrogens with one attached hydrogen (secondary N) is 1. The molecule has 1 unspecified atom stereocenters. The zero-order valence-corrected chi connectivity index (χ0v) is 16.9. The van der Waals surface area contributed by atoms with Crippen molar-refractivity contribution in [2.45, 2.75) is 25.4 Å². The average molecular weight is 406 g/mol. The van der Waals surface area contributed by atoms with E-state index in [9.17, 15) is 9.59 Å². The summed E-state index contributed by atoms with van der Waals surface area (Å²) >= 11 is 0. The number of esters is 1. The van der Waals surface area contributed by atoms with Crippen molar-refractivity contribution in [2.75, 3.05) is 31.6 Å². The first-order valence-corrected chi connectivity index (χ1v) is 10.4. The van der Waals surface area contributed by atoms with E-state index in [2.05, 4.69) is 10.2 Å². The van der Waals surface area contributed by atoms with E-state index in [1.54, 1.807) is 12.1 Å². The van der Waals surface area contributed by atoms with Crippen LogP contribution in [0.3, 0.4) is 0 Å². The summed E-state index contributed by atoms with van der Waals surface area (Å²) in [5.41, 5.74) is 3.01. The third-order valence-electron chi connectivity index (χ3n) is 5.47. The standard InChI is InChI=1S/C24H26N2O4/c27-23(25-19-9-5-2-6-10-19)21-17-20(30-24(28)18-7-3-1-4-8-18)11-12-22(21)26-13-15-29-16-14-26/h1-10,20H,11-17H2,(H,25,27). The van der Waals surface area contributed by atoms with Gasteiger partial charge in [-0.05, 0) is 37.1 Å². The van der Waals surface area contributed by atoms with Crippen LogP contribution in [0.1, 0.15) is 29.6 Å². The lowest BCUT2D eigenvalue weighted by Crippen LogP contribution is -2.39. The van der Waals surface area contributed by atoms with Gasteiger partial charge in [0.1, 0.15) is 6.10 Å². The molecule has 0 spiro atoms. The number of allylic oxidation sites excluding steroid dienone is 1. The second-order valence-corrected chi connectivity index (χ2v) is 7.48. The monoisotopic (exact) mass is 406 g/mol. The van der Waals surface area contributed by atoms with Gasteiger partial charge in [0.2, 0.25) is 0 Å². The van der Waals surface area contributed by atoms with Gasteiger partial charge in [-0.25, -0.2) is 4.79 Å². The highest BCUT2D eigenvalue weighted by molar-refractivity contribution is 6.04. The Balaban J connectivity index is 1.52. The van der Waals surface area contributed by atoms with E-state index in [1.807, 2.05) is 48.5 Å². The first-order valence-electron chi connectivity index (χ1n) is 10.4. The van der Waals surface area contributed by atoms with E-state index >= 15 is 0 Å². The maximum Gasteiger partial charge on any atom is 0.338 e. The van der Waals surface area contributed by atoms with Crippen LogP contribution in [0.15, 0.2) is 71.9 Å². The summed E-state index contributed by atoms with van der Waals surface area (Å²) in [6.45, 7) is 2.85. The van der Waals surface area contributed by atoms with Gasteiger partial charge in [0.25, 0.3) is 5.91 Å². The lowest BCUT2D eigenvalue weighted by atomic mass is 9.91. The van der Waals surface area contributed by atoms with Gasteiger partial charge in [-0.15, -0.1) is 0 Å². The molecule has 4 rings (SSSR count). The molecular weight excluding hydrogens is 380 g/mol. The van der Waals surface area contributed by atoms with E-state index in [1.165, 1.54) is 0 Å². The number of morpholine rings is 1. The molecule has 2 aliphatic rings. The van der Waals surface area contributed by atoms with Gasteiger partial charge in [-0.2, -0.15) is 0 Å². The molecule has 1 N–H and O–H groups in total. The summed E-state index contributed by atoms with van der Waals surface area (Å²) in [6, 6.07) is 18.4. The van der Waals surface area contributed by atoms with Crippen LogP contribution in [0.4, 0.5) is 5.69 Å². The van der Waals surface area contributed by atoms with Crippen molar-refractivity contribution in [3.63, 3.8) is 0 Å². The molecule has 6 nitrogen and oxygen atoms in total. The van der Waals surface area contributed by atoms with Crippen LogP contribution in [0.5, 0.6) is 0 Å². The van der Waals surface area contributed by atoms with E-state index < -0.39 is 0 Å². The number of hydrogen-bond donors (Lipinski definition) is 1. The third-order valence-corrected chi connectivity index (χ3v) is 5.47. The molecule has 1 heterocycles. The normalized spacial score (nSPS) is 19.3. The predicted molar refractivity (Wildman–Crippen MR) is 114 cm³/mol. The molecule has 2 aromatic carbocycles. The molecule has 1 saturated heterocycles. The van der Waals surface area contributed by atoms with Crippen molar-refractivity contribution in [1.29, 1.82) is 0 Å². The quantitative estimate of drug-likeness (QED) is 0.768. The van der Waals surface area contributed by atoms with Crippen LogP contribution in [-0.4, -0.2) is 49.2 Å². The molecule has 1 aliphatic heterocycles. The first kappa shape index (κ1) is 20.2. The average Bonchev–Trinajstić information content (AvgIpc) is 2.81. The van der Waals surface area contributed by atoms with Gasteiger partial charge in [0, 0.05) is 36.5 Å². The Labute approximate surface area is 176 Å². The number of carbonyl (C=O) groups is 2. The molecule has 6 heteroatoms. The van der Waals surface area contributed by atoms with Crippen molar-refractivity contribution in [2.24, 2.45) is 0 Å². The highest BCUT2D eigenvalue weighted by Crippen LogP contribution is 2.31. The molecule has 1 amide bonds. The van der Waals surface area contributed by atoms with Crippen LogP contribution in [0.2, 0.25) is 0 Å². The van der Waals surface area contributed by atoms with Gasteiger partial charge in [-0.3, -0.25) is 4.79 Å². The minimum Gasteiger partial charge on any atom is -0.458 e. The van der Waals surface area contributed by atoms with Gasteiger partial charge < -0.3 is 19.7 Å². The van der Waals surface area contributed by atoms with E-state index in [0.717, 1.165) is 24.5 Å². The molecule has 1 atom stereocenters. The molecule has 0 aromatic heterocycles. The fraction of sp³-hybridized carbons (Fsp3) is 0.333. The molecule has 1 fully saturated rings. The molecule has 0 bridgehead atoms. The molecule has 156 valence electrons. The highest BCUT2D eigenvalue weighted by Gasteiger charge is 2.31. The Kier molecular flexibility index (Phi) is 6.44. The summed E-state index contributed by atoms with van der Waals surface area (Å²) in [7, 11) is 0. The van der Waals surface area contributed by atoms with Gasteiger partial charge >= 0.3 is 5.97 Å². The van der Waals surface area contributed by atoms with Crippen molar-refractivity contribution in [3.8, 4) is 0 Å². The first-order chi connectivity index (χ1) is 14.7. The summed E-state index contributed by atoms with van der Waals surface area (Å²) < 4.78 is 11.2. The molecule has 0 radical (unpaired) electrons. The van der Waals surface area contributed by atoms with Crippen LogP contribution >= 0.6 is 0 Å². The predicted octanol–water partition coefficient (Wildman–Crippen LogP) is 3.62. The fourth-order valence-electron chi connectivity index (χ4n) is 3.92. The van der Waals surface area contributed by atoms with E-state index in [-0.39, 0.29) is 18.0 Å². The number of anilines is 1. The second kappa shape index (κ2) is 9.59. The molecular formula is C24H26N2O4. The van der Waals surface area contributed by atoms with Crippen molar-refractivity contribution < 1.29 is 19.1 Å². The van der Waals surface area contributed by atoms with Gasteiger partial charge in [0.15, 0.2) is 0 Å². The van der Waals surface area contributed by atoms with Crippen LogP contribution in [-0.2, 0) is 14.3 Å². The zero-order chi connectivity index (χ0) is 20.8. The van der Waals surface area contributed by atoms with Crippen LogP contribution in [0.25, 0.3) is 0 Å². The van der Waals surface area contributed by atoms with Crippen molar-refractivity contribution >= 4 is 17.6 Å². The number of para-hydroxylation sites is 1. The molecule has 30 heavy (non-hydrogen) atoms. The zero-order valence-electron chi connectivity index (χ0n) is 16.9. The summed E-state index contributed by atoms with van der Waals surface area (Å²) in [5.74, 6) is -0.485. The van der Waals surface area contributed by atoms with E-state index in [0.29, 0.717) is 43.6 Å². The summed E-state index contributed by atoms with van der Waals surface area (Å²) in [5, 5.41) is 2.99. The minimum absolute atomic E-state index is 0.136. The Morgan fingerprint density at radius 3 is 2.33 bits per heavy atom. The fourth-order valence-corrected chi connectivity index (χ4v) is 3.92. The largest absolute Gasteiger partial charge is 0.458 e. The number of amides is 1. The van der Waals surface area contributed by atoms with Crippen molar-refractivity contribution in [1.82, 2.24) is 4.90 Å². The Morgan fingerprint density at radius 2 is 1.63 bits per heavy atom. The van der Waals surface area contributed by atoms with Crippen molar-refractivity contribution in [3.05, 3.63) is 77.5 Å². The Morgan fingerprint density at radius 1 is 0.967 bits per heavy atom. The molecule has 2 aromatic rings. The molecule has 1 aliphatic carbocycles. The Hall–Kier alpha value is -3.12. The van der Waals surface area contributed by atoms with Crippen LogP contribution in [0, 0.1) is 0 Å². The van der Waals surface area contributed by atoms with Gasteiger partial charge in [-0.1, -0.05) is 36.4 Å². The lowest BCUT2D eigenvalue weighted by molar-refractivity contribution is -0.113. The summed E-state index contributed by atoms with van der Waals surface area (Å²) in [6.07, 6.45) is 1.49. The number of nitrogens with zero attached hydrogens (tertiary/aromatic N) is 1. The smallest absolute Gasteiger partial charge is 0.338 e. The second-order valence-electron chi connectivity index (χ2n) is 7.48. The third kappa shape index (κ3) is 4.89. The molecule has 0 saturated carbocycles. The maximum atomic E-state index is 13.2. The Bertz CT molecular complexity index is 905. The lowest BCUT2D eigenvalue weighted by Gasteiger charge is -2.36. The minimum atomic E-state index is -0.349. The summed E-state index contributed by atoms with van der Waals surface area (Å²) in [4.78, 5) is 27.9. The van der Waals surface area contributed by atoms with Crippen LogP contribution < -0.4 is 5.32 Å².